The molecule has 0 atom stereocenters. The standard InChI is InChI=1S/C8H14N2O/c1-2-3-4-6-10-7-5-9-8(10)11/h2H,1,3-7H2,(H,9,11). The molecule has 0 aromatic heterocycles. The Kier molecular flexibility index (Phi) is 2.95. The van der Waals surface area contributed by atoms with E-state index in [0.717, 1.165) is 32.5 Å². The van der Waals surface area contributed by atoms with Crippen LogP contribution in [0.4, 0.5) is 4.79 Å². The van der Waals surface area contributed by atoms with Crippen molar-refractivity contribution in [3.63, 3.8) is 0 Å². The highest BCUT2D eigenvalue weighted by Crippen LogP contribution is 1.99. The molecular weight excluding hydrogens is 140 g/mol. The van der Waals surface area contributed by atoms with Gasteiger partial charge >= 0.3 is 6.03 Å². The molecule has 1 aliphatic rings. The number of carbonyl (C=O) groups excluding carboxylic acids is 1. The fraction of sp³-hybridized carbons (Fsp3) is 0.625. The fourth-order valence-electron chi connectivity index (χ4n) is 1.15. The maximum absolute atomic E-state index is 11.0. The van der Waals surface area contributed by atoms with Gasteiger partial charge in [0.2, 0.25) is 0 Å². The Morgan fingerprint density at radius 3 is 3.09 bits per heavy atom. The Hall–Kier alpha value is -0.990. The van der Waals surface area contributed by atoms with Crippen molar-refractivity contribution in [2.45, 2.75) is 12.8 Å². The summed E-state index contributed by atoms with van der Waals surface area (Å²) in [6.45, 7) is 6.14. The van der Waals surface area contributed by atoms with Gasteiger partial charge in [0.1, 0.15) is 0 Å². The van der Waals surface area contributed by atoms with Crippen LogP contribution < -0.4 is 5.32 Å². The largest absolute Gasteiger partial charge is 0.336 e. The maximum Gasteiger partial charge on any atom is 0.317 e. The Morgan fingerprint density at radius 1 is 1.73 bits per heavy atom. The molecule has 62 valence electrons. The van der Waals surface area contributed by atoms with Gasteiger partial charge in [-0.2, -0.15) is 0 Å². The first kappa shape index (κ1) is 8.11. The second kappa shape index (κ2) is 4.01. The lowest BCUT2D eigenvalue weighted by molar-refractivity contribution is 0.217. The number of nitrogens with one attached hydrogen (secondary N) is 1. The topological polar surface area (TPSA) is 32.3 Å². The number of hydrogen-bond donors (Lipinski definition) is 1. The highest BCUT2D eigenvalue weighted by Gasteiger charge is 2.17. The molecule has 0 spiro atoms. The molecule has 0 saturated carbocycles. The second-order valence-electron chi connectivity index (χ2n) is 2.65. The predicted molar refractivity (Wildman–Crippen MR) is 44.4 cm³/mol. The molecule has 1 aliphatic heterocycles. The van der Waals surface area contributed by atoms with Gasteiger partial charge < -0.3 is 10.2 Å². The molecule has 3 nitrogen and oxygen atoms in total. The zero-order valence-electron chi connectivity index (χ0n) is 6.68. The maximum atomic E-state index is 11.0. The molecule has 1 rings (SSSR count). The lowest BCUT2D eigenvalue weighted by atomic mass is 10.3. The monoisotopic (exact) mass is 154 g/mol. The van der Waals surface area contributed by atoms with Crippen molar-refractivity contribution in [1.82, 2.24) is 10.2 Å². The van der Waals surface area contributed by atoms with Crippen LogP contribution >= 0.6 is 0 Å². The van der Waals surface area contributed by atoms with Crippen LogP contribution in [-0.4, -0.2) is 30.6 Å². The van der Waals surface area contributed by atoms with E-state index in [2.05, 4.69) is 11.9 Å². The van der Waals surface area contributed by atoms with Crippen LogP contribution in [0.5, 0.6) is 0 Å². The lowest BCUT2D eigenvalue weighted by Gasteiger charge is -2.12. The van der Waals surface area contributed by atoms with Gasteiger partial charge in [-0.05, 0) is 12.8 Å². The number of nitrogens with zero attached hydrogens (tertiary/aromatic N) is 1. The van der Waals surface area contributed by atoms with Gasteiger partial charge in [-0.3, -0.25) is 0 Å². The normalized spacial score (nSPS) is 16.7. The van der Waals surface area contributed by atoms with Crippen LogP contribution in [0.15, 0.2) is 12.7 Å². The van der Waals surface area contributed by atoms with E-state index in [-0.39, 0.29) is 6.03 Å². The van der Waals surface area contributed by atoms with Crippen LogP contribution in [0.25, 0.3) is 0 Å². The third-order valence-electron chi connectivity index (χ3n) is 1.78. The summed E-state index contributed by atoms with van der Waals surface area (Å²) >= 11 is 0. The van der Waals surface area contributed by atoms with E-state index in [0.29, 0.717) is 0 Å². The van der Waals surface area contributed by atoms with Crippen molar-refractivity contribution in [1.29, 1.82) is 0 Å². The number of amides is 2. The minimum absolute atomic E-state index is 0.0778. The first-order chi connectivity index (χ1) is 5.34. The predicted octanol–water partition coefficient (Wildman–Crippen LogP) is 0.978. The zero-order valence-corrected chi connectivity index (χ0v) is 6.68. The van der Waals surface area contributed by atoms with E-state index >= 15 is 0 Å². The van der Waals surface area contributed by atoms with Gasteiger partial charge in [-0.1, -0.05) is 6.08 Å². The van der Waals surface area contributed by atoms with E-state index in [4.69, 9.17) is 0 Å². The molecule has 1 saturated heterocycles. The summed E-state index contributed by atoms with van der Waals surface area (Å²) in [5.41, 5.74) is 0. The average molecular weight is 154 g/mol. The lowest BCUT2D eigenvalue weighted by Crippen LogP contribution is -2.28. The summed E-state index contributed by atoms with van der Waals surface area (Å²) in [5.74, 6) is 0. The number of allylic oxidation sites excluding steroid dienone is 1. The molecular formula is C8H14N2O. The molecule has 0 unspecified atom stereocenters. The molecule has 1 N–H and O–H groups in total. The highest BCUT2D eigenvalue weighted by molar-refractivity contribution is 5.76. The van der Waals surface area contributed by atoms with E-state index in [1.54, 1.807) is 0 Å². The molecule has 0 radical (unpaired) electrons. The third kappa shape index (κ3) is 2.26. The van der Waals surface area contributed by atoms with Crippen molar-refractivity contribution in [3.8, 4) is 0 Å². The first-order valence-electron chi connectivity index (χ1n) is 3.98. The Balaban J connectivity index is 2.15. The average Bonchev–Trinajstić information content (AvgIpc) is 2.37. The van der Waals surface area contributed by atoms with Gasteiger partial charge in [-0.25, -0.2) is 4.79 Å². The Bertz CT molecular complexity index is 156. The fourth-order valence-corrected chi connectivity index (χ4v) is 1.15. The molecule has 0 aliphatic carbocycles. The minimum Gasteiger partial charge on any atom is -0.336 e. The molecule has 0 aromatic rings. The number of hydrogen-bond acceptors (Lipinski definition) is 1. The smallest absolute Gasteiger partial charge is 0.317 e. The van der Waals surface area contributed by atoms with Crippen LogP contribution in [0.2, 0.25) is 0 Å². The molecule has 1 fully saturated rings. The van der Waals surface area contributed by atoms with Gasteiger partial charge in [0.25, 0.3) is 0 Å². The zero-order chi connectivity index (χ0) is 8.10. The molecule has 0 aromatic carbocycles. The number of rotatable bonds is 4. The summed E-state index contributed by atoms with van der Waals surface area (Å²) in [6, 6.07) is 0.0778. The van der Waals surface area contributed by atoms with Gasteiger partial charge in [-0.15, -0.1) is 6.58 Å². The summed E-state index contributed by atoms with van der Waals surface area (Å²) in [7, 11) is 0. The summed E-state index contributed by atoms with van der Waals surface area (Å²) in [5, 5.41) is 2.76. The van der Waals surface area contributed by atoms with Crippen molar-refractivity contribution < 1.29 is 4.79 Å². The number of unbranched alkanes of at least 4 members (excludes halogenated alkanes) is 1. The highest BCUT2D eigenvalue weighted by atomic mass is 16.2. The number of carbonyl (C=O) groups is 1. The van der Waals surface area contributed by atoms with Crippen LogP contribution in [0, 0.1) is 0 Å². The van der Waals surface area contributed by atoms with Gasteiger partial charge in [0.05, 0.1) is 0 Å². The Morgan fingerprint density at radius 2 is 2.55 bits per heavy atom. The van der Waals surface area contributed by atoms with Gasteiger partial charge in [0.15, 0.2) is 0 Å². The van der Waals surface area contributed by atoms with Crippen molar-refractivity contribution in [3.05, 3.63) is 12.7 Å². The first-order valence-corrected chi connectivity index (χ1v) is 3.98. The quantitative estimate of drug-likeness (QED) is 0.475. The Labute approximate surface area is 67.1 Å². The molecule has 2 amide bonds. The van der Waals surface area contributed by atoms with E-state index in [9.17, 15) is 4.79 Å². The second-order valence-corrected chi connectivity index (χ2v) is 2.65. The van der Waals surface area contributed by atoms with Crippen LogP contribution in [0.3, 0.4) is 0 Å². The summed E-state index contributed by atoms with van der Waals surface area (Å²) in [6.07, 6.45) is 3.90. The molecule has 1 heterocycles. The molecule has 3 heteroatoms. The van der Waals surface area contributed by atoms with E-state index in [1.807, 2.05) is 11.0 Å². The SMILES string of the molecule is C=CCCCN1CCNC1=O. The summed E-state index contributed by atoms with van der Waals surface area (Å²) in [4.78, 5) is 12.8. The van der Waals surface area contributed by atoms with Crippen molar-refractivity contribution in [2.75, 3.05) is 19.6 Å². The number of urea groups is 1. The van der Waals surface area contributed by atoms with E-state index in [1.165, 1.54) is 0 Å². The van der Waals surface area contributed by atoms with Crippen LogP contribution in [0.1, 0.15) is 12.8 Å². The van der Waals surface area contributed by atoms with Crippen molar-refractivity contribution in [2.24, 2.45) is 0 Å². The van der Waals surface area contributed by atoms with Crippen LogP contribution in [-0.2, 0) is 0 Å². The van der Waals surface area contributed by atoms with Gasteiger partial charge in [0, 0.05) is 19.6 Å². The molecule has 11 heavy (non-hydrogen) atoms. The molecule has 0 bridgehead atoms. The van der Waals surface area contributed by atoms with Crippen molar-refractivity contribution >= 4 is 6.03 Å². The third-order valence-corrected chi connectivity index (χ3v) is 1.78. The summed E-state index contributed by atoms with van der Waals surface area (Å²) < 4.78 is 0. The van der Waals surface area contributed by atoms with E-state index < -0.39 is 0 Å². The minimum atomic E-state index is 0.0778.